The third kappa shape index (κ3) is 2.92. The van der Waals surface area contributed by atoms with E-state index in [9.17, 15) is 0 Å². The zero-order chi connectivity index (χ0) is 10.8. The molecule has 0 fully saturated rings. The zero-order valence-electron chi connectivity index (χ0n) is 8.44. The smallest absolute Gasteiger partial charge is 0.243 e. The topological polar surface area (TPSA) is 61.0 Å². The van der Waals surface area contributed by atoms with E-state index < -0.39 is 0 Å². The Balaban J connectivity index is 3.02. The lowest BCUT2D eigenvalue weighted by molar-refractivity contribution is 0.123. The van der Waals surface area contributed by atoms with Crippen molar-refractivity contribution in [2.75, 3.05) is 0 Å². The highest BCUT2D eigenvalue weighted by Crippen LogP contribution is 2.17. The number of nitrogens with two attached hydrogens (primary N) is 1. The molecule has 2 N–H and O–H groups in total. The molecule has 0 saturated heterocycles. The Morgan fingerprint density at radius 2 is 1.93 bits per heavy atom. The second kappa shape index (κ2) is 3.88. The van der Waals surface area contributed by atoms with Gasteiger partial charge in [0.2, 0.25) is 5.88 Å². The van der Waals surface area contributed by atoms with Crippen LogP contribution in [0.15, 0.2) is 12.4 Å². The third-order valence-electron chi connectivity index (χ3n) is 1.30. The second-order valence-electron chi connectivity index (χ2n) is 3.79. The first-order valence-corrected chi connectivity index (χ1v) is 4.61. The molecule has 4 nitrogen and oxygen atoms in total. The van der Waals surface area contributed by atoms with E-state index in [-0.39, 0.29) is 10.6 Å². The fraction of sp³-hybridized carbons (Fsp3) is 0.444. The number of ether oxygens (including phenoxy) is 1. The lowest BCUT2D eigenvalue weighted by Gasteiger charge is -2.21. The fourth-order valence-electron chi connectivity index (χ4n) is 0.859. The summed E-state index contributed by atoms with van der Waals surface area (Å²) in [6.07, 6.45) is 3.08. The van der Waals surface area contributed by atoms with Crippen LogP contribution in [0.1, 0.15) is 26.5 Å². The first kappa shape index (κ1) is 10.8. The molecule has 0 aliphatic heterocycles. The van der Waals surface area contributed by atoms with Gasteiger partial charge in [-0.15, -0.1) is 0 Å². The zero-order valence-corrected chi connectivity index (χ0v) is 9.26. The molecule has 0 bridgehead atoms. The molecule has 1 rings (SSSR count). The van der Waals surface area contributed by atoms with Crippen molar-refractivity contribution in [1.29, 1.82) is 0 Å². The summed E-state index contributed by atoms with van der Waals surface area (Å²) in [5.74, 6) is 0.382. The van der Waals surface area contributed by atoms with E-state index in [0.29, 0.717) is 11.6 Å². The van der Waals surface area contributed by atoms with Crippen molar-refractivity contribution in [1.82, 2.24) is 9.97 Å². The Morgan fingerprint density at radius 3 is 2.43 bits per heavy atom. The van der Waals surface area contributed by atoms with Crippen LogP contribution in [0, 0.1) is 0 Å². The summed E-state index contributed by atoms with van der Waals surface area (Å²) < 4.78 is 5.55. The molecular formula is C9H13N3OS. The predicted molar refractivity (Wildman–Crippen MR) is 58.3 cm³/mol. The van der Waals surface area contributed by atoms with Crippen LogP contribution in [0.25, 0.3) is 0 Å². The standard InChI is InChI=1S/C9H13N3OS/c1-9(2,3)13-8-6(7(10)14)11-4-5-12-8/h4-5H,1-3H3,(H2,10,14). The van der Waals surface area contributed by atoms with Crippen molar-refractivity contribution in [3.8, 4) is 5.88 Å². The monoisotopic (exact) mass is 211 g/mol. The molecule has 5 heteroatoms. The molecule has 0 aromatic carbocycles. The van der Waals surface area contributed by atoms with Gasteiger partial charge in [-0.25, -0.2) is 9.97 Å². The lowest BCUT2D eigenvalue weighted by Crippen LogP contribution is -2.26. The average Bonchev–Trinajstić information content (AvgIpc) is 2.01. The van der Waals surface area contributed by atoms with Crippen molar-refractivity contribution in [2.24, 2.45) is 5.73 Å². The number of hydrogen-bond acceptors (Lipinski definition) is 4. The normalized spacial score (nSPS) is 11.1. The van der Waals surface area contributed by atoms with Gasteiger partial charge in [0.15, 0.2) is 5.69 Å². The van der Waals surface area contributed by atoms with Crippen LogP contribution in [0.2, 0.25) is 0 Å². The van der Waals surface area contributed by atoms with Crippen LogP contribution in [0.5, 0.6) is 5.88 Å². The quantitative estimate of drug-likeness (QED) is 0.747. The molecule has 0 atom stereocenters. The summed E-state index contributed by atoms with van der Waals surface area (Å²) >= 11 is 4.83. The Kier molecular flexibility index (Phi) is 3.00. The summed E-state index contributed by atoms with van der Waals surface area (Å²) in [6, 6.07) is 0. The molecule has 0 radical (unpaired) electrons. The van der Waals surface area contributed by atoms with Crippen LogP contribution in [0.4, 0.5) is 0 Å². The SMILES string of the molecule is CC(C)(C)Oc1nccnc1C(N)=S. The maximum absolute atomic E-state index is 5.55. The first-order chi connectivity index (χ1) is 6.40. The van der Waals surface area contributed by atoms with E-state index in [1.807, 2.05) is 20.8 Å². The highest BCUT2D eigenvalue weighted by atomic mass is 32.1. The van der Waals surface area contributed by atoms with E-state index in [1.165, 1.54) is 6.20 Å². The molecule has 0 aliphatic carbocycles. The van der Waals surface area contributed by atoms with Gasteiger partial charge < -0.3 is 10.5 Å². The molecule has 1 aromatic rings. The maximum atomic E-state index is 5.55. The fourth-order valence-corrected chi connectivity index (χ4v) is 0.999. The summed E-state index contributed by atoms with van der Waals surface area (Å²) in [7, 11) is 0. The molecule has 0 amide bonds. The minimum atomic E-state index is -0.338. The van der Waals surface area contributed by atoms with Crippen molar-refractivity contribution in [2.45, 2.75) is 26.4 Å². The third-order valence-corrected chi connectivity index (χ3v) is 1.49. The molecule has 0 saturated carbocycles. The van der Waals surface area contributed by atoms with Crippen molar-refractivity contribution in [3.05, 3.63) is 18.1 Å². The van der Waals surface area contributed by atoms with E-state index in [1.54, 1.807) is 6.20 Å². The van der Waals surface area contributed by atoms with Gasteiger partial charge in [-0.1, -0.05) is 12.2 Å². The lowest BCUT2D eigenvalue weighted by atomic mass is 10.2. The summed E-state index contributed by atoms with van der Waals surface area (Å²) in [4.78, 5) is 8.23. The van der Waals surface area contributed by atoms with Crippen LogP contribution in [0.3, 0.4) is 0 Å². The molecule has 76 valence electrons. The predicted octanol–water partition coefficient (Wildman–Crippen LogP) is 1.29. The Hall–Kier alpha value is -1.23. The minimum Gasteiger partial charge on any atom is -0.470 e. The van der Waals surface area contributed by atoms with Crippen LogP contribution in [-0.2, 0) is 0 Å². The summed E-state index contributed by atoms with van der Waals surface area (Å²) in [5.41, 5.74) is 5.57. The molecular weight excluding hydrogens is 198 g/mol. The Labute approximate surface area is 88.5 Å². The number of rotatable bonds is 2. The molecule has 1 heterocycles. The number of nitrogens with zero attached hydrogens (tertiary/aromatic N) is 2. The van der Waals surface area contributed by atoms with Crippen molar-refractivity contribution < 1.29 is 4.74 Å². The van der Waals surface area contributed by atoms with Gasteiger partial charge in [-0.3, -0.25) is 0 Å². The van der Waals surface area contributed by atoms with Crippen LogP contribution in [-0.4, -0.2) is 20.6 Å². The Bertz CT molecular complexity index is 346. The van der Waals surface area contributed by atoms with Gasteiger partial charge in [0, 0.05) is 12.4 Å². The number of aromatic nitrogens is 2. The maximum Gasteiger partial charge on any atom is 0.243 e. The van der Waals surface area contributed by atoms with Gasteiger partial charge in [-0.05, 0) is 20.8 Å². The van der Waals surface area contributed by atoms with Gasteiger partial charge in [0.05, 0.1) is 0 Å². The second-order valence-corrected chi connectivity index (χ2v) is 4.23. The van der Waals surface area contributed by atoms with Crippen molar-refractivity contribution in [3.63, 3.8) is 0 Å². The highest BCUT2D eigenvalue weighted by molar-refractivity contribution is 7.80. The van der Waals surface area contributed by atoms with E-state index in [0.717, 1.165) is 0 Å². The van der Waals surface area contributed by atoms with E-state index >= 15 is 0 Å². The first-order valence-electron chi connectivity index (χ1n) is 4.20. The van der Waals surface area contributed by atoms with Gasteiger partial charge in [0.1, 0.15) is 10.6 Å². The largest absolute Gasteiger partial charge is 0.470 e. The van der Waals surface area contributed by atoms with Gasteiger partial charge in [-0.2, -0.15) is 0 Å². The van der Waals surface area contributed by atoms with Gasteiger partial charge >= 0.3 is 0 Å². The molecule has 0 unspecified atom stereocenters. The molecule has 0 spiro atoms. The number of hydrogen-bond donors (Lipinski definition) is 1. The molecule has 0 aliphatic rings. The summed E-state index contributed by atoms with van der Waals surface area (Å²) in [6.45, 7) is 5.76. The van der Waals surface area contributed by atoms with E-state index in [2.05, 4.69) is 9.97 Å². The van der Waals surface area contributed by atoms with E-state index in [4.69, 9.17) is 22.7 Å². The summed E-state index contributed by atoms with van der Waals surface area (Å²) in [5, 5.41) is 0. The van der Waals surface area contributed by atoms with Gasteiger partial charge in [0.25, 0.3) is 0 Å². The molecule has 1 aromatic heterocycles. The van der Waals surface area contributed by atoms with Crippen LogP contribution >= 0.6 is 12.2 Å². The minimum absolute atomic E-state index is 0.192. The number of thiocarbonyl (C=S) groups is 1. The average molecular weight is 211 g/mol. The molecule has 14 heavy (non-hydrogen) atoms. The highest BCUT2D eigenvalue weighted by Gasteiger charge is 2.17. The van der Waals surface area contributed by atoms with Crippen LogP contribution < -0.4 is 10.5 Å². The van der Waals surface area contributed by atoms with Crippen molar-refractivity contribution >= 4 is 17.2 Å². The Morgan fingerprint density at radius 1 is 1.36 bits per heavy atom.